The van der Waals surface area contributed by atoms with Crippen molar-refractivity contribution in [2.24, 2.45) is 10.7 Å². The number of nitrogens with zero attached hydrogens (tertiary/aromatic N) is 3. The summed E-state index contributed by atoms with van der Waals surface area (Å²) in [5, 5.41) is 8.82. The fraction of sp³-hybridized carbons (Fsp3) is 0.429. The van der Waals surface area contributed by atoms with Crippen LogP contribution < -0.4 is 5.73 Å². The summed E-state index contributed by atoms with van der Waals surface area (Å²) in [4.78, 5) is 6.54. The van der Waals surface area contributed by atoms with Crippen LogP contribution in [0.5, 0.6) is 0 Å². The summed E-state index contributed by atoms with van der Waals surface area (Å²) >= 11 is 0. The largest absolute Gasteiger partial charge is 0.370 e. The van der Waals surface area contributed by atoms with Gasteiger partial charge in [-0.2, -0.15) is 5.26 Å². The van der Waals surface area contributed by atoms with Gasteiger partial charge in [-0.3, -0.25) is 0 Å². The van der Waals surface area contributed by atoms with Gasteiger partial charge < -0.3 is 10.6 Å². The van der Waals surface area contributed by atoms with Gasteiger partial charge in [0.1, 0.15) is 0 Å². The van der Waals surface area contributed by atoms with Gasteiger partial charge in [-0.15, -0.1) is 0 Å². The van der Waals surface area contributed by atoms with Crippen LogP contribution >= 0.6 is 0 Å². The minimum absolute atomic E-state index is 0.540. The molecule has 2 N–H and O–H groups in total. The zero-order valence-corrected chi connectivity index (χ0v) is 10.5. The summed E-state index contributed by atoms with van der Waals surface area (Å²) < 4.78 is 0. The molecule has 0 unspecified atom stereocenters. The lowest BCUT2D eigenvalue weighted by atomic mass is 10.1. The number of guanidine groups is 1. The molecule has 0 radical (unpaired) electrons. The normalized spacial score (nSPS) is 16.4. The summed E-state index contributed by atoms with van der Waals surface area (Å²) in [6.45, 7) is 2.55. The molecule has 0 aromatic heterocycles. The molecule has 0 atom stereocenters. The van der Waals surface area contributed by atoms with Crippen molar-refractivity contribution in [2.45, 2.75) is 25.8 Å². The molecule has 4 heteroatoms. The van der Waals surface area contributed by atoms with Gasteiger partial charge in [-0.05, 0) is 37.0 Å². The molecule has 0 amide bonds. The topological polar surface area (TPSA) is 65.4 Å². The lowest BCUT2D eigenvalue weighted by Gasteiger charge is -2.27. The van der Waals surface area contributed by atoms with E-state index >= 15 is 0 Å². The first kappa shape index (κ1) is 12.4. The quantitative estimate of drug-likeness (QED) is 0.636. The zero-order valence-electron chi connectivity index (χ0n) is 10.5. The highest BCUT2D eigenvalue weighted by molar-refractivity contribution is 5.78. The summed E-state index contributed by atoms with van der Waals surface area (Å²) in [6.07, 6.45) is 3.67. The summed E-state index contributed by atoms with van der Waals surface area (Å²) in [5.74, 6) is 0.622. The third-order valence-corrected chi connectivity index (χ3v) is 3.16. The second-order valence-corrected chi connectivity index (χ2v) is 4.53. The molecule has 4 nitrogen and oxygen atoms in total. The molecule has 1 saturated heterocycles. The Morgan fingerprint density at radius 1 is 1.33 bits per heavy atom. The number of likely N-dealkylation sites (tertiary alicyclic amines) is 1. The summed E-state index contributed by atoms with van der Waals surface area (Å²) in [7, 11) is 0. The van der Waals surface area contributed by atoms with E-state index in [0.29, 0.717) is 18.1 Å². The van der Waals surface area contributed by atoms with E-state index in [4.69, 9.17) is 11.0 Å². The molecule has 18 heavy (non-hydrogen) atoms. The van der Waals surface area contributed by atoms with Crippen LogP contribution in [0.1, 0.15) is 30.4 Å². The minimum atomic E-state index is 0.540. The van der Waals surface area contributed by atoms with Crippen molar-refractivity contribution < 1.29 is 0 Å². The summed E-state index contributed by atoms with van der Waals surface area (Å²) in [5.41, 5.74) is 7.67. The van der Waals surface area contributed by atoms with Gasteiger partial charge in [0.2, 0.25) is 0 Å². The monoisotopic (exact) mass is 242 g/mol. The molecule has 0 spiro atoms. The summed E-state index contributed by atoms with van der Waals surface area (Å²) in [6, 6.07) is 9.62. The number of rotatable bonds is 2. The number of aliphatic imine (C=N–C) groups is 1. The molecule has 1 heterocycles. The van der Waals surface area contributed by atoms with Crippen molar-refractivity contribution >= 4 is 5.96 Å². The highest BCUT2D eigenvalue weighted by Crippen LogP contribution is 2.09. The Bertz CT molecular complexity index is 467. The Labute approximate surface area is 108 Å². The van der Waals surface area contributed by atoms with Gasteiger partial charge in [0.15, 0.2) is 5.96 Å². The second-order valence-electron chi connectivity index (χ2n) is 4.53. The number of hydrogen-bond donors (Lipinski definition) is 1. The van der Waals surface area contributed by atoms with Crippen LogP contribution in [0, 0.1) is 11.3 Å². The highest BCUT2D eigenvalue weighted by atomic mass is 15.2. The molecule has 1 aromatic rings. The van der Waals surface area contributed by atoms with Gasteiger partial charge in [0.05, 0.1) is 18.2 Å². The van der Waals surface area contributed by atoms with Crippen LogP contribution in [0.25, 0.3) is 0 Å². The predicted octanol–water partition coefficient (Wildman–Crippen LogP) is 1.86. The Morgan fingerprint density at radius 2 is 2.11 bits per heavy atom. The molecule has 1 aliphatic heterocycles. The Hall–Kier alpha value is -2.02. The van der Waals surface area contributed by atoms with Gasteiger partial charge in [-0.25, -0.2) is 4.99 Å². The first-order chi connectivity index (χ1) is 8.79. The van der Waals surface area contributed by atoms with E-state index < -0.39 is 0 Å². The average molecular weight is 242 g/mol. The zero-order chi connectivity index (χ0) is 12.8. The SMILES string of the molecule is N#Cc1cccc(CN=C(N)N2CCCCC2)c1. The molecule has 1 fully saturated rings. The van der Waals surface area contributed by atoms with Crippen molar-refractivity contribution in [1.82, 2.24) is 4.90 Å². The number of nitrogens with two attached hydrogens (primary N) is 1. The Balaban J connectivity index is 1.98. The van der Waals surface area contributed by atoms with E-state index in [-0.39, 0.29) is 0 Å². The minimum Gasteiger partial charge on any atom is -0.370 e. The number of benzene rings is 1. The van der Waals surface area contributed by atoms with E-state index in [0.717, 1.165) is 18.7 Å². The molecular formula is C14H18N4. The number of nitriles is 1. The van der Waals surface area contributed by atoms with Crippen molar-refractivity contribution in [3.63, 3.8) is 0 Å². The van der Waals surface area contributed by atoms with Crippen LogP contribution in [0.4, 0.5) is 0 Å². The molecule has 0 aliphatic carbocycles. The first-order valence-electron chi connectivity index (χ1n) is 6.33. The van der Waals surface area contributed by atoms with Gasteiger partial charge >= 0.3 is 0 Å². The van der Waals surface area contributed by atoms with Crippen molar-refractivity contribution in [3.05, 3.63) is 35.4 Å². The van der Waals surface area contributed by atoms with E-state index in [1.54, 1.807) is 6.07 Å². The van der Waals surface area contributed by atoms with Crippen LogP contribution in [0.15, 0.2) is 29.3 Å². The van der Waals surface area contributed by atoms with Crippen molar-refractivity contribution in [2.75, 3.05) is 13.1 Å². The molecule has 94 valence electrons. The Morgan fingerprint density at radius 3 is 2.83 bits per heavy atom. The van der Waals surface area contributed by atoms with Crippen molar-refractivity contribution in [1.29, 1.82) is 5.26 Å². The maximum absolute atomic E-state index is 8.82. The fourth-order valence-corrected chi connectivity index (χ4v) is 2.13. The third kappa shape index (κ3) is 3.24. The van der Waals surface area contributed by atoms with Crippen LogP contribution in [0.2, 0.25) is 0 Å². The maximum atomic E-state index is 8.82. The second kappa shape index (κ2) is 6.06. The van der Waals surface area contributed by atoms with Crippen LogP contribution in [-0.2, 0) is 6.54 Å². The van der Waals surface area contributed by atoms with E-state index in [2.05, 4.69) is 16.0 Å². The average Bonchev–Trinajstić information content (AvgIpc) is 2.46. The predicted molar refractivity (Wildman–Crippen MR) is 71.9 cm³/mol. The maximum Gasteiger partial charge on any atom is 0.191 e. The molecule has 0 saturated carbocycles. The molecule has 0 bridgehead atoms. The number of hydrogen-bond acceptors (Lipinski definition) is 2. The van der Waals surface area contributed by atoms with Crippen LogP contribution in [-0.4, -0.2) is 23.9 Å². The molecule has 1 aromatic carbocycles. The van der Waals surface area contributed by atoms with Gasteiger partial charge in [0, 0.05) is 13.1 Å². The fourth-order valence-electron chi connectivity index (χ4n) is 2.13. The first-order valence-corrected chi connectivity index (χ1v) is 6.33. The van der Waals surface area contributed by atoms with Crippen LogP contribution in [0.3, 0.4) is 0 Å². The molecular weight excluding hydrogens is 224 g/mol. The lowest BCUT2D eigenvalue weighted by Crippen LogP contribution is -2.40. The van der Waals surface area contributed by atoms with E-state index in [1.807, 2.05) is 18.2 Å². The smallest absolute Gasteiger partial charge is 0.191 e. The number of piperidine rings is 1. The standard InChI is InChI=1S/C14H18N4/c15-10-12-5-4-6-13(9-12)11-17-14(16)18-7-2-1-3-8-18/h4-6,9H,1-3,7-8,11H2,(H2,16,17). The lowest BCUT2D eigenvalue weighted by molar-refractivity contribution is 0.338. The van der Waals surface area contributed by atoms with Gasteiger partial charge in [-0.1, -0.05) is 12.1 Å². The van der Waals surface area contributed by atoms with Crippen molar-refractivity contribution in [3.8, 4) is 6.07 Å². The Kier molecular flexibility index (Phi) is 4.19. The van der Waals surface area contributed by atoms with Gasteiger partial charge in [0.25, 0.3) is 0 Å². The molecule has 1 aliphatic rings. The third-order valence-electron chi connectivity index (χ3n) is 3.16. The van der Waals surface area contributed by atoms with E-state index in [1.165, 1.54) is 19.3 Å². The van der Waals surface area contributed by atoms with E-state index in [9.17, 15) is 0 Å². The highest BCUT2D eigenvalue weighted by Gasteiger charge is 2.11. The molecule has 2 rings (SSSR count).